The van der Waals surface area contributed by atoms with Gasteiger partial charge in [0.2, 0.25) is 0 Å². The average Bonchev–Trinajstić information content (AvgIpc) is 3.11. The summed E-state index contributed by atoms with van der Waals surface area (Å²) >= 11 is 0. The van der Waals surface area contributed by atoms with E-state index in [1.807, 2.05) is 36.4 Å². The zero-order valence-corrected chi connectivity index (χ0v) is 17.0. The number of anilines is 1. The van der Waals surface area contributed by atoms with Crippen LogP contribution in [0.5, 0.6) is 0 Å². The van der Waals surface area contributed by atoms with Gasteiger partial charge in [0.15, 0.2) is 0 Å². The number of nitrogens with one attached hydrogen (secondary N) is 1. The van der Waals surface area contributed by atoms with Crippen molar-refractivity contribution < 1.29 is 19.4 Å². The number of benzene rings is 3. The third-order valence-electron chi connectivity index (χ3n) is 6.35. The van der Waals surface area contributed by atoms with E-state index in [0.29, 0.717) is 12.1 Å². The number of hydrogen-bond acceptors (Lipinski definition) is 3. The Morgan fingerprint density at radius 1 is 0.935 bits per heavy atom. The number of amides is 1. The van der Waals surface area contributed by atoms with Gasteiger partial charge in [0, 0.05) is 11.6 Å². The zero-order chi connectivity index (χ0) is 21.4. The summed E-state index contributed by atoms with van der Waals surface area (Å²) < 4.78 is 5.60. The average molecular weight is 413 g/mol. The van der Waals surface area contributed by atoms with E-state index < -0.39 is 18.0 Å². The molecule has 0 aliphatic heterocycles. The Morgan fingerprint density at radius 3 is 2.29 bits per heavy atom. The number of hydrogen-bond donors (Lipinski definition) is 2. The third kappa shape index (κ3) is 3.56. The van der Waals surface area contributed by atoms with Crippen LogP contribution >= 0.6 is 0 Å². The highest BCUT2D eigenvalue weighted by Crippen LogP contribution is 2.44. The summed E-state index contributed by atoms with van der Waals surface area (Å²) in [5.74, 6) is -1.25. The van der Waals surface area contributed by atoms with Crippen LogP contribution in [0.4, 0.5) is 10.5 Å². The van der Waals surface area contributed by atoms with Crippen LogP contribution in [0.2, 0.25) is 0 Å². The van der Waals surface area contributed by atoms with Gasteiger partial charge >= 0.3 is 12.1 Å². The summed E-state index contributed by atoms with van der Waals surface area (Å²) in [5.41, 5.74) is 7.17. The molecule has 1 atom stereocenters. The molecule has 0 saturated heterocycles. The maximum atomic E-state index is 12.5. The Bertz CT molecular complexity index is 1120. The van der Waals surface area contributed by atoms with E-state index in [0.717, 1.165) is 24.0 Å². The largest absolute Gasteiger partial charge is 0.481 e. The fourth-order valence-electron chi connectivity index (χ4n) is 4.90. The number of carboxylic acids is 1. The summed E-state index contributed by atoms with van der Waals surface area (Å²) in [4.78, 5) is 24.0. The predicted octanol–water partition coefficient (Wildman–Crippen LogP) is 5.55. The molecule has 0 fully saturated rings. The number of ether oxygens (including phenoxy) is 1. The fraction of sp³-hybridized carbons (Fsp3) is 0.231. The van der Waals surface area contributed by atoms with Crippen molar-refractivity contribution in [1.82, 2.24) is 0 Å². The first-order valence-corrected chi connectivity index (χ1v) is 10.6. The number of carboxylic acid groups (broad SMARTS) is 1. The van der Waals surface area contributed by atoms with E-state index in [2.05, 4.69) is 29.6 Å². The minimum Gasteiger partial charge on any atom is -0.481 e. The molecule has 0 aromatic heterocycles. The smallest absolute Gasteiger partial charge is 0.411 e. The molecular weight excluding hydrogens is 390 g/mol. The van der Waals surface area contributed by atoms with Crippen LogP contribution in [-0.4, -0.2) is 23.8 Å². The highest BCUT2D eigenvalue weighted by Gasteiger charge is 2.29. The summed E-state index contributed by atoms with van der Waals surface area (Å²) in [6.45, 7) is 0.256. The molecule has 1 unspecified atom stereocenters. The van der Waals surface area contributed by atoms with Gasteiger partial charge < -0.3 is 9.84 Å². The van der Waals surface area contributed by atoms with Crippen molar-refractivity contribution in [2.75, 3.05) is 11.9 Å². The van der Waals surface area contributed by atoms with Crippen LogP contribution < -0.4 is 5.32 Å². The number of aryl methyl sites for hydroxylation is 1. The molecule has 0 spiro atoms. The Labute approximate surface area is 180 Å². The molecule has 0 saturated carbocycles. The van der Waals surface area contributed by atoms with E-state index in [1.165, 1.54) is 22.3 Å². The molecule has 31 heavy (non-hydrogen) atoms. The maximum absolute atomic E-state index is 12.5. The first kappa shape index (κ1) is 19.4. The minimum atomic E-state index is -0.793. The van der Waals surface area contributed by atoms with E-state index in [1.54, 1.807) is 6.07 Å². The lowest BCUT2D eigenvalue weighted by Gasteiger charge is -2.23. The number of fused-ring (bicyclic) bond motifs is 4. The summed E-state index contributed by atoms with van der Waals surface area (Å²) in [6.07, 6.45) is 1.80. The molecule has 3 aromatic carbocycles. The lowest BCUT2D eigenvalue weighted by molar-refractivity contribution is -0.139. The highest BCUT2D eigenvalue weighted by molar-refractivity contribution is 5.86. The van der Waals surface area contributed by atoms with Gasteiger partial charge in [-0.05, 0) is 64.8 Å². The number of rotatable bonds is 4. The number of aliphatic carboxylic acids is 1. The Kier molecular flexibility index (Phi) is 4.94. The normalized spacial score (nSPS) is 16.7. The second-order valence-corrected chi connectivity index (χ2v) is 8.15. The van der Waals surface area contributed by atoms with Gasteiger partial charge in [-0.15, -0.1) is 0 Å². The molecule has 2 aliphatic rings. The maximum Gasteiger partial charge on any atom is 0.411 e. The van der Waals surface area contributed by atoms with E-state index >= 15 is 0 Å². The van der Waals surface area contributed by atoms with E-state index in [9.17, 15) is 14.7 Å². The quantitative estimate of drug-likeness (QED) is 0.588. The molecular formula is C26H23NO4. The van der Waals surface area contributed by atoms with Gasteiger partial charge in [0.1, 0.15) is 6.61 Å². The van der Waals surface area contributed by atoms with Crippen LogP contribution in [0.15, 0.2) is 66.7 Å². The predicted molar refractivity (Wildman–Crippen MR) is 118 cm³/mol. The van der Waals surface area contributed by atoms with E-state index in [-0.39, 0.29) is 12.5 Å². The van der Waals surface area contributed by atoms with Crippen molar-refractivity contribution in [3.63, 3.8) is 0 Å². The Balaban J connectivity index is 1.29. The van der Waals surface area contributed by atoms with Gasteiger partial charge in [0.05, 0.1) is 5.92 Å². The molecule has 1 amide bonds. The molecule has 0 heterocycles. The van der Waals surface area contributed by atoms with Gasteiger partial charge in [-0.3, -0.25) is 10.1 Å². The van der Waals surface area contributed by atoms with Crippen molar-refractivity contribution >= 4 is 17.7 Å². The number of carbonyl (C=O) groups is 2. The first-order valence-electron chi connectivity index (χ1n) is 10.6. The molecule has 5 rings (SSSR count). The molecule has 5 nitrogen and oxygen atoms in total. The molecule has 156 valence electrons. The first-order chi connectivity index (χ1) is 15.1. The summed E-state index contributed by atoms with van der Waals surface area (Å²) in [5, 5.41) is 12.2. The SMILES string of the molecule is O=C(Nc1ccc2c(c1)CCCC2C(=O)O)OCC1c2ccccc2-c2ccccc21. The van der Waals surface area contributed by atoms with E-state index in [4.69, 9.17) is 4.74 Å². The molecule has 0 radical (unpaired) electrons. The molecule has 3 aromatic rings. The van der Waals surface area contributed by atoms with Crippen molar-refractivity contribution in [3.05, 3.63) is 89.0 Å². The van der Waals surface area contributed by atoms with Crippen LogP contribution in [-0.2, 0) is 16.0 Å². The molecule has 0 bridgehead atoms. The third-order valence-corrected chi connectivity index (χ3v) is 6.35. The highest BCUT2D eigenvalue weighted by atomic mass is 16.5. The van der Waals surface area contributed by atoms with Gasteiger partial charge in [-0.25, -0.2) is 4.79 Å². The monoisotopic (exact) mass is 413 g/mol. The van der Waals surface area contributed by atoms with Crippen LogP contribution in [0.3, 0.4) is 0 Å². The zero-order valence-electron chi connectivity index (χ0n) is 17.0. The van der Waals surface area contributed by atoms with Crippen molar-refractivity contribution in [1.29, 1.82) is 0 Å². The van der Waals surface area contributed by atoms with Crippen LogP contribution in [0.25, 0.3) is 11.1 Å². The fourth-order valence-corrected chi connectivity index (χ4v) is 4.90. The lowest BCUT2D eigenvalue weighted by atomic mass is 9.82. The van der Waals surface area contributed by atoms with Crippen LogP contribution in [0.1, 0.15) is 46.9 Å². The summed E-state index contributed by atoms with van der Waals surface area (Å²) in [6, 6.07) is 21.9. The van der Waals surface area contributed by atoms with Gasteiger partial charge in [0.25, 0.3) is 0 Å². The second kappa shape index (κ2) is 7.91. The standard InChI is InChI=1S/C26H23NO4/c28-25(29)23-11-5-6-16-14-17(12-13-18(16)23)27-26(30)31-15-24-21-9-3-1-7-19(21)20-8-2-4-10-22(20)24/h1-4,7-10,12-14,23-24H,5-6,11,15H2,(H,27,30)(H,28,29). The van der Waals surface area contributed by atoms with Gasteiger partial charge in [-0.2, -0.15) is 0 Å². The van der Waals surface area contributed by atoms with Crippen molar-refractivity contribution in [2.45, 2.75) is 31.1 Å². The minimum absolute atomic E-state index is 0.0120. The lowest BCUT2D eigenvalue weighted by Crippen LogP contribution is -2.20. The second-order valence-electron chi connectivity index (χ2n) is 8.15. The topological polar surface area (TPSA) is 75.6 Å². The summed E-state index contributed by atoms with van der Waals surface area (Å²) in [7, 11) is 0. The molecule has 2 aliphatic carbocycles. The number of carbonyl (C=O) groups excluding carboxylic acids is 1. The van der Waals surface area contributed by atoms with Crippen molar-refractivity contribution in [3.8, 4) is 11.1 Å². The Hall–Kier alpha value is -3.60. The van der Waals surface area contributed by atoms with Crippen molar-refractivity contribution in [2.24, 2.45) is 0 Å². The van der Waals surface area contributed by atoms with Gasteiger partial charge in [-0.1, -0.05) is 54.6 Å². The Morgan fingerprint density at radius 2 is 1.61 bits per heavy atom. The van der Waals surface area contributed by atoms with Crippen LogP contribution in [0, 0.1) is 0 Å². The molecule has 2 N–H and O–H groups in total. The molecule has 5 heteroatoms.